The lowest BCUT2D eigenvalue weighted by atomic mass is 10.2. The Morgan fingerprint density at radius 1 is 0.939 bits per heavy atom. The third kappa shape index (κ3) is 5.94. The molecule has 0 aliphatic carbocycles. The molecule has 0 spiro atoms. The summed E-state index contributed by atoms with van der Waals surface area (Å²) in [7, 11) is 0. The summed E-state index contributed by atoms with van der Waals surface area (Å²) in [4.78, 5) is 24.5. The molecule has 6 nitrogen and oxygen atoms in total. The molecule has 0 unspecified atom stereocenters. The minimum atomic E-state index is -4.57. The van der Waals surface area contributed by atoms with Crippen LogP contribution in [-0.2, 0) is 6.18 Å². The molecular formula is C22H11Cl2F3N2O4. The average molecular weight is 495 g/mol. The monoisotopic (exact) mass is 494 g/mol. The molecule has 0 aliphatic heterocycles. The summed E-state index contributed by atoms with van der Waals surface area (Å²) in [6.45, 7) is 0. The number of para-hydroxylation sites is 1. The lowest BCUT2D eigenvalue weighted by Crippen LogP contribution is -2.33. The largest absolute Gasteiger partial charge is 0.456 e. The first-order valence-corrected chi connectivity index (χ1v) is 9.70. The van der Waals surface area contributed by atoms with Gasteiger partial charge in [0.25, 0.3) is 5.91 Å². The molecule has 11 heteroatoms. The van der Waals surface area contributed by atoms with Crippen molar-refractivity contribution < 1.29 is 32.2 Å². The Kier molecular flexibility index (Phi) is 7.11. The number of benzene rings is 3. The molecule has 1 N–H and O–H groups in total. The number of halogens is 5. The van der Waals surface area contributed by atoms with E-state index in [-0.39, 0.29) is 38.4 Å². The molecule has 0 aromatic heterocycles. The van der Waals surface area contributed by atoms with Gasteiger partial charge in [0, 0.05) is 0 Å². The van der Waals surface area contributed by atoms with Gasteiger partial charge in [-0.15, -0.1) is 0 Å². The van der Waals surface area contributed by atoms with Crippen LogP contribution in [0.15, 0.2) is 60.7 Å². The molecule has 0 atom stereocenters. The normalized spacial score (nSPS) is 10.8. The van der Waals surface area contributed by atoms with Gasteiger partial charge in [0.15, 0.2) is 5.75 Å². The van der Waals surface area contributed by atoms with Gasteiger partial charge in [0.2, 0.25) is 0 Å². The Balaban J connectivity index is 1.75. The summed E-state index contributed by atoms with van der Waals surface area (Å²) in [6, 6.07) is 14.1. The molecule has 0 fully saturated rings. The van der Waals surface area contributed by atoms with Gasteiger partial charge >= 0.3 is 12.3 Å². The maximum Gasteiger partial charge on any atom is 0.419 e. The van der Waals surface area contributed by atoms with Crippen LogP contribution in [0.5, 0.6) is 17.2 Å². The van der Waals surface area contributed by atoms with Gasteiger partial charge in [0.05, 0.1) is 26.7 Å². The molecule has 0 radical (unpaired) electrons. The van der Waals surface area contributed by atoms with Crippen molar-refractivity contribution in [1.29, 1.82) is 5.26 Å². The molecule has 3 aromatic carbocycles. The Morgan fingerprint density at radius 2 is 1.67 bits per heavy atom. The minimum absolute atomic E-state index is 0.0226. The fourth-order valence-corrected chi connectivity index (χ4v) is 2.98. The number of carbonyl (C=O) groups is 2. The van der Waals surface area contributed by atoms with Crippen LogP contribution >= 0.6 is 23.2 Å². The van der Waals surface area contributed by atoms with E-state index >= 15 is 0 Å². The van der Waals surface area contributed by atoms with Crippen molar-refractivity contribution in [2.75, 3.05) is 0 Å². The number of carbonyl (C=O) groups excluding carboxylic acids is 2. The summed E-state index contributed by atoms with van der Waals surface area (Å²) in [5.74, 6) is -1.06. The number of hydrogen-bond acceptors (Lipinski definition) is 5. The van der Waals surface area contributed by atoms with Crippen molar-refractivity contribution >= 4 is 35.2 Å². The number of nitrogens with one attached hydrogen (secondary N) is 1. The Bertz CT molecular complexity index is 1270. The van der Waals surface area contributed by atoms with Crippen molar-refractivity contribution in [3.63, 3.8) is 0 Å². The van der Waals surface area contributed by atoms with Gasteiger partial charge in [-0.3, -0.25) is 10.1 Å². The van der Waals surface area contributed by atoms with Gasteiger partial charge in [-0.1, -0.05) is 35.3 Å². The highest BCUT2D eigenvalue weighted by atomic mass is 35.5. The van der Waals surface area contributed by atoms with Crippen molar-refractivity contribution in [2.45, 2.75) is 6.18 Å². The predicted molar refractivity (Wildman–Crippen MR) is 113 cm³/mol. The number of alkyl halides is 3. The van der Waals surface area contributed by atoms with Crippen molar-refractivity contribution in [2.24, 2.45) is 0 Å². The molecule has 2 amide bonds. The Hall–Kier alpha value is -3.74. The lowest BCUT2D eigenvalue weighted by molar-refractivity contribution is -0.137. The van der Waals surface area contributed by atoms with E-state index in [1.807, 2.05) is 11.4 Å². The van der Waals surface area contributed by atoms with Crippen molar-refractivity contribution in [3.05, 3.63) is 87.4 Å². The Morgan fingerprint density at radius 3 is 2.33 bits per heavy atom. The second-order valence-electron chi connectivity index (χ2n) is 6.34. The molecule has 3 rings (SSSR count). The number of ether oxygens (including phenoxy) is 2. The highest BCUT2D eigenvalue weighted by Gasteiger charge is 2.31. The first-order chi connectivity index (χ1) is 15.6. The van der Waals surface area contributed by atoms with E-state index in [0.29, 0.717) is 6.07 Å². The van der Waals surface area contributed by atoms with Gasteiger partial charge in [-0.2, -0.15) is 18.4 Å². The standard InChI is InChI=1S/C22H11Cl2F3N2O4/c23-16-7-6-14(32-19-8-5-13(9-17(19)24)22(25,26)27)10-15(16)20(30)29-21(31)33-18-4-2-1-3-12(18)11-28/h1-10H,(H,29,30,31). The topological polar surface area (TPSA) is 88.4 Å². The van der Waals surface area contributed by atoms with Gasteiger partial charge in [0.1, 0.15) is 17.6 Å². The zero-order chi connectivity index (χ0) is 24.2. The van der Waals surface area contributed by atoms with E-state index in [1.54, 1.807) is 6.07 Å². The van der Waals surface area contributed by atoms with E-state index in [4.69, 9.17) is 37.9 Å². The first-order valence-electron chi connectivity index (χ1n) is 8.95. The number of nitrogens with zero attached hydrogens (tertiary/aromatic N) is 1. The minimum Gasteiger partial charge on any atom is -0.456 e. The number of amides is 2. The van der Waals surface area contributed by atoms with E-state index in [1.165, 1.54) is 36.4 Å². The van der Waals surface area contributed by atoms with Crippen LogP contribution in [0.3, 0.4) is 0 Å². The third-order valence-corrected chi connectivity index (χ3v) is 4.72. The van der Waals surface area contributed by atoms with Crippen LogP contribution in [0.25, 0.3) is 0 Å². The first kappa shape index (κ1) is 23.9. The number of imide groups is 1. The maximum atomic E-state index is 12.8. The van der Waals surface area contributed by atoms with E-state index in [2.05, 4.69) is 0 Å². The summed E-state index contributed by atoms with van der Waals surface area (Å²) in [6.07, 6.45) is -5.73. The van der Waals surface area contributed by atoms with Gasteiger partial charge in [-0.25, -0.2) is 4.79 Å². The highest BCUT2D eigenvalue weighted by Crippen LogP contribution is 2.37. The van der Waals surface area contributed by atoms with Crippen LogP contribution in [-0.4, -0.2) is 12.0 Å². The fourth-order valence-electron chi connectivity index (χ4n) is 2.56. The number of rotatable bonds is 4. The maximum absolute atomic E-state index is 12.8. The van der Waals surface area contributed by atoms with Crippen LogP contribution < -0.4 is 14.8 Å². The third-order valence-electron chi connectivity index (χ3n) is 4.10. The zero-order valence-corrected chi connectivity index (χ0v) is 17.8. The summed E-state index contributed by atoms with van der Waals surface area (Å²) < 4.78 is 48.8. The van der Waals surface area contributed by atoms with Crippen LogP contribution in [0.2, 0.25) is 10.0 Å². The van der Waals surface area contributed by atoms with E-state index in [9.17, 15) is 22.8 Å². The van der Waals surface area contributed by atoms with Crippen LogP contribution in [0, 0.1) is 11.3 Å². The molecule has 3 aromatic rings. The SMILES string of the molecule is N#Cc1ccccc1OC(=O)NC(=O)c1cc(Oc2ccc(C(F)(F)F)cc2Cl)ccc1Cl. The summed E-state index contributed by atoms with van der Waals surface area (Å²) in [5.41, 5.74) is -1.04. The number of hydrogen-bond donors (Lipinski definition) is 1. The molecule has 0 aliphatic rings. The predicted octanol–water partition coefficient (Wildman–Crippen LogP) is 6.60. The molecule has 0 saturated carbocycles. The lowest BCUT2D eigenvalue weighted by Gasteiger charge is -2.12. The molecule has 0 heterocycles. The second kappa shape index (κ2) is 9.81. The number of nitriles is 1. The highest BCUT2D eigenvalue weighted by molar-refractivity contribution is 6.34. The summed E-state index contributed by atoms with van der Waals surface area (Å²) >= 11 is 11.9. The Labute approximate surface area is 195 Å². The molecule has 168 valence electrons. The molecular weight excluding hydrogens is 484 g/mol. The van der Waals surface area contributed by atoms with Crippen LogP contribution in [0.4, 0.5) is 18.0 Å². The van der Waals surface area contributed by atoms with Crippen molar-refractivity contribution in [3.8, 4) is 23.3 Å². The second-order valence-corrected chi connectivity index (χ2v) is 7.15. The van der Waals surface area contributed by atoms with E-state index in [0.717, 1.165) is 12.1 Å². The average Bonchev–Trinajstić information content (AvgIpc) is 2.75. The van der Waals surface area contributed by atoms with Crippen molar-refractivity contribution in [1.82, 2.24) is 5.32 Å². The van der Waals surface area contributed by atoms with Crippen LogP contribution in [0.1, 0.15) is 21.5 Å². The van der Waals surface area contributed by atoms with Gasteiger partial charge < -0.3 is 9.47 Å². The fraction of sp³-hybridized carbons (Fsp3) is 0.0455. The molecule has 0 bridgehead atoms. The van der Waals surface area contributed by atoms with E-state index < -0.39 is 23.7 Å². The molecule has 0 saturated heterocycles. The van der Waals surface area contributed by atoms with Gasteiger partial charge in [-0.05, 0) is 48.5 Å². The smallest absolute Gasteiger partial charge is 0.419 e. The molecule has 33 heavy (non-hydrogen) atoms. The quantitative estimate of drug-likeness (QED) is 0.441. The zero-order valence-electron chi connectivity index (χ0n) is 16.2. The summed E-state index contributed by atoms with van der Waals surface area (Å²) in [5, 5.41) is 10.7.